The summed E-state index contributed by atoms with van der Waals surface area (Å²) in [5.41, 5.74) is 0. The minimum atomic E-state index is 0.0717. The van der Waals surface area contributed by atoms with Crippen LogP contribution in [0.2, 0.25) is 0 Å². The quantitative estimate of drug-likeness (QED) is 0.753. The van der Waals surface area contributed by atoms with Crippen molar-refractivity contribution in [1.29, 1.82) is 0 Å². The van der Waals surface area contributed by atoms with Crippen LogP contribution < -0.4 is 0 Å². The van der Waals surface area contributed by atoms with Crippen molar-refractivity contribution in [3.8, 4) is 0 Å². The Morgan fingerprint density at radius 1 is 1.71 bits per heavy atom. The summed E-state index contributed by atoms with van der Waals surface area (Å²) >= 11 is 10.8. The van der Waals surface area contributed by atoms with Crippen LogP contribution >= 0.6 is 38.9 Å². The van der Waals surface area contributed by atoms with Crippen molar-refractivity contribution in [2.45, 2.75) is 19.8 Å². The van der Waals surface area contributed by atoms with E-state index in [1.54, 1.807) is 18.3 Å². The number of rotatable bonds is 5. The number of Topliss-reactive ketones (excluding diaryl/α,β-unsaturated/α-hetero) is 1. The first kappa shape index (κ1) is 12.2. The summed E-state index contributed by atoms with van der Waals surface area (Å²) in [6.07, 6.45) is 1.57. The first-order chi connectivity index (χ1) is 6.65. The van der Waals surface area contributed by atoms with Crippen LogP contribution in [0.5, 0.6) is 0 Å². The van der Waals surface area contributed by atoms with Crippen LogP contribution in [0.4, 0.5) is 0 Å². The average Bonchev–Trinajstić information content (AvgIpc) is 2.51. The third-order valence-electron chi connectivity index (χ3n) is 2.16. The molecule has 0 aliphatic rings. The first-order valence-corrected chi connectivity index (χ1v) is 6.64. The molecule has 4 heteroatoms. The van der Waals surface area contributed by atoms with Crippen molar-refractivity contribution in [2.24, 2.45) is 5.92 Å². The van der Waals surface area contributed by atoms with Gasteiger partial charge in [-0.25, -0.2) is 0 Å². The molecule has 0 radical (unpaired) electrons. The number of alkyl halides is 1. The van der Waals surface area contributed by atoms with Gasteiger partial charge in [0.25, 0.3) is 0 Å². The maximum atomic E-state index is 11.3. The van der Waals surface area contributed by atoms with Crippen LogP contribution in [-0.2, 0) is 11.2 Å². The number of hydrogen-bond donors (Lipinski definition) is 0. The smallest absolute Gasteiger partial charge is 0.133 e. The number of carbonyl (C=O) groups is 1. The molecule has 1 heterocycles. The lowest BCUT2D eigenvalue weighted by atomic mass is 9.97. The molecular weight excluding hydrogens is 284 g/mol. The third-order valence-corrected chi connectivity index (χ3v) is 4.32. The number of thiophene rings is 1. The minimum absolute atomic E-state index is 0.0717. The van der Waals surface area contributed by atoms with Gasteiger partial charge in [-0.05, 0) is 47.1 Å². The summed E-state index contributed by atoms with van der Waals surface area (Å²) in [7, 11) is 0. The van der Waals surface area contributed by atoms with E-state index in [1.807, 2.05) is 11.4 Å². The Balaban J connectivity index is 2.64. The van der Waals surface area contributed by atoms with Crippen molar-refractivity contribution in [1.82, 2.24) is 0 Å². The standard InChI is InChI=1S/C10H12BrClOS/c1-7(13)8(2-4-12)6-10-9(11)3-5-14-10/h3,5,8H,2,4,6H2,1H3. The largest absolute Gasteiger partial charge is 0.300 e. The SMILES string of the molecule is CC(=O)C(CCCl)Cc1sccc1Br. The van der Waals surface area contributed by atoms with Crippen LogP contribution in [0, 0.1) is 5.92 Å². The van der Waals surface area contributed by atoms with E-state index in [-0.39, 0.29) is 11.7 Å². The Morgan fingerprint density at radius 2 is 2.43 bits per heavy atom. The molecule has 78 valence electrons. The molecular formula is C10H12BrClOS. The predicted molar refractivity (Wildman–Crippen MR) is 65.2 cm³/mol. The summed E-state index contributed by atoms with van der Waals surface area (Å²) in [5, 5.41) is 2.03. The summed E-state index contributed by atoms with van der Waals surface area (Å²) in [6.45, 7) is 1.64. The van der Waals surface area contributed by atoms with Crippen molar-refractivity contribution in [2.75, 3.05) is 5.88 Å². The second-order valence-electron chi connectivity index (χ2n) is 3.18. The number of carbonyl (C=O) groups excluding carboxylic acids is 1. The van der Waals surface area contributed by atoms with Gasteiger partial charge < -0.3 is 0 Å². The van der Waals surface area contributed by atoms with Crippen LogP contribution in [0.15, 0.2) is 15.9 Å². The van der Waals surface area contributed by atoms with E-state index in [9.17, 15) is 4.79 Å². The van der Waals surface area contributed by atoms with Gasteiger partial charge in [0.15, 0.2) is 0 Å². The monoisotopic (exact) mass is 294 g/mol. The molecule has 0 amide bonds. The zero-order valence-corrected chi connectivity index (χ0v) is 11.1. The number of hydrogen-bond acceptors (Lipinski definition) is 2. The fraction of sp³-hybridized carbons (Fsp3) is 0.500. The highest BCUT2D eigenvalue weighted by Crippen LogP contribution is 2.26. The van der Waals surface area contributed by atoms with Gasteiger partial charge in [0, 0.05) is 21.1 Å². The van der Waals surface area contributed by atoms with Gasteiger partial charge in [-0.2, -0.15) is 0 Å². The summed E-state index contributed by atoms with van der Waals surface area (Å²) in [5.74, 6) is 0.848. The molecule has 0 saturated heterocycles. The lowest BCUT2D eigenvalue weighted by Crippen LogP contribution is -2.14. The molecule has 1 aromatic heterocycles. The van der Waals surface area contributed by atoms with E-state index in [1.165, 1.54) is 4.88 Å². The van der Waals surface area contributed by atoms with Crippen LogP contribution in [-0.4, -0.2) is 11.7 Å². The number of halogens is 2. The third kappa shape index (κ3) is 3.37. The molecule has 0 bridgehead atoms. The summed E-state index contributed by atoms with van der Waals surface area (Å²) in [6, 6.07) is 2.01. The van der Waals surface area contributed by atoms with Gasteiger partial charge in [0.1, 0.15) is 5.78 Å². The normalized spacial score (nSPS) is 12.8. The Morgan fingerprint density at radius 3 is 2.86 bits per heavy atom. The molecule has 1 rings (SSSR count). The fourth-order valence-electron chi connectivity index (χ4n) is 1.28. The summed E-state index contributed by atoms with van der Waals surface area (Å²) in [4.78, 5) is 12.5. The molecule has 1 unspecified atom stereocenters. The number of ketones is 1. The Labute approximate surface area is 102 Å². The lowest BCUT2D eigenvalue weighted by Gasteiger charge is -2.10. The minimum Gasteiger partial charge on any atom is -0.300 e. The van der Waals surface area contributed by atoms with Gasteiger partial charge in [0.05, 0.1) is 0 Å². The van der Waals surface area contributed by atoms with E-state index in [2.05, 4.69) is 15.9 Å². The molecule has 14 heavy (non-hydrogen) atoms. The second kappa shape index (κ2) is 5.89. The van der Waals surface area contributed by atoms with Crippen LogP contribution in [0.25, 0.3) is 0 Å². The van der Waals surface area contributed by atoms with E-state index in [0.717, 1.165) is 17.3 Å². The molecule has 0 fully saturated rings. The highest BCUT2D eigenvalue weighted by Gasteiger charge is 2.16. The van der Waals surface area contributed by atoms with Crippen molar-refractivity contribution < 1.29 is 4.79 Å². The van der Waals surface area contributed by atoms with Gasteiger partial charge in [-0.15, -0.1) is 22.9 Å². The van der Waals surface area contributed by atoms with Crippen molar-refractivity contribution >= 4 is 44.7 Å². The lowest BCUT2D eigenvalue weighted by molar-refractivity contribution is -0.120. The van der Waals surface area contributed by atoms with Gasteiger partial charge in [0.2, 0.25) is 0 Å². The Bertz CT molecular complexity index is 311. The fourth-order valence-corrected chi connectivity index (χ4v) is 3.13. The highest BCUT2D eigenvalue weighted by molar-refractivity contribution is 9.10. The van der Waals surface area contributed by atoms with E-state index < -0.39 is 0 Å². The maximum Gasteiger partial charge on any atom is 0.133 e. The first-order valence-electron chi connectivity index (χ1n) is 4.43. The zero-order valence-electron chi connectivity index (χ0n) is 7.93. The Kier molecular flexibility index (Phi) is 5.13. The molecule has 0 saturated carbocycles. The van der Waals surface area contributed by atoms with Gasteiger partial charge in [-0.1, -0.05) is 0 Å². The van der Waals surface area contributed by atoms with Crippen LogP contribution in [0.3, 0.4) is 0 Å². The maximum absolute atomic E-state index is 11.3. The summed E-state index contributed by atoms with van der Waals surface area (Å²) < 4.78 is 1.10. The molecule has 0 aliphatic carbocycles. The second-order valence-corrected chi connectivity index (χ2v) is 5.41. The van der Waals surface area contributed by atoms with Crippen LogP contribution in [0.1, 0.15) is 18.2 Å². The topological polar surface area (TPSA) is 17.1 Å². The molecule has 1 atom stereocenters. The molecule has 0 aromatic carbocycles. The highest BCUT2D eigenvalue weighted by atomic mass is 79.9. The van der Waals surface area contributed by atoms with E-state index in [4.69, 9.17) is 11.6 Å². The molecule has 0 N–H and O–H groups in total. The predicted octanol–water partition coefficient (Wildman–Crippen LogP) is 3.89. The zero-order chi connectivity index (χ0) is 10.6. The average molecular weight is 296 g/mol. The van der Waals surface area contributed by atoms with Gasteiger partial charge >= 0.3 is 0 Å². The van der Waals surface area contributed by atoms with Crippen molar-refractivity contribution in [3.63, 3.8) is 0 Å². The molecule has 0 spiro atoms. The van der Waals surface area contributed by atoms with E-state index in [0.29, 0.717) is 5.88 Å². The molecule has 0 aliphatic heterocycles. The van der Waals surface area contributed by atoms with Gasteiger partial charge in [-0.3, -0.25) is 4.79 Å². The Hall–Kier alpha value is 0.140. The van der Waals surface area contributed by atoms with Crippen molar-refractivity contribution in [3.05, 3.63) is 20.8 Å². The molecule has 1 aromatic rings. The van der Waals surface area contributed by atoms with E-state index >= 15 is 0 Å². The molecule has 1 nitrogen and oxygen atoms in total.